The number of thiophene rings is 1. The monoisotopic (exact) mass is 489 g/mol. The van der Waals surface area contributed by atoms with Gasteiger partial charge in [0.15, 0.2) is 21.0 Å². The van der Waals surface area contributed by atoms with E-state index in [-0.39, 0.29) is 27.2 Å². The van der Waals surface area contributed by atoms with Gasteiger partial charge in [-0.2, -0.15) is 0 Å². The highest BCUT2D eigenvalue weighted by atomic mass is 35.5. The summed E-state index contributed by atoms with van der Waals surface area (Å²) in [4.78, 5) is 28.2. The Kier molecular flexibility index (Phi) is 6.03. The first-order valence-corrected chi connectivity index (χ1v) is 12.4. The molecule has 0 amide bonds. The van der Waals surface area contributed by atoms with Gasteiger partial charge in [0.1, 0.15) is 15.8 Å². The van der Waals surface area contributed by atoms with Crippen LogP contribution in [0.1, 0.15) is 11.1 Å². The number of hydrogen-bond donors (Lipinski definition) is 1. The minimum atomic E-state index is -3.80. The minimum Gasteiger partial charge on any atom is -0.360 e. The largest absolute Gasteiger partial charge is 0.360 e. The molecular weight excluding hydrogens is 473 g/mol. The molecule has 2 aromatic heterocycles. The van der Waals surface area contributed by atoms with Gasteiger partial charge in [-0.05, 0) is 42.8 Å². The first-order chi connectivity index (χ1) is 15.1. The van der Waals surface area contributed by atoms with E-state index in [1.165, 1.54) is 30.5 Å². The Labute approximate surface area is 192 Å². The Hall–Kier alpha value is -2.81. The summed E-state index contributed by atoms with van der Waals surface area (Å²) in [6.45, 7) is 1.87. The second kappa shape index (κ2) is 8.61. The quantitative estimate of drug-likeness (QED) is 0.415. The number of hydrogen-bond acceptors (Lipinski definition) is 5. The van der Waals surface area contributed by atoms with Crippen LogP contribution in [0.4, 0.5) is 4.39 Å². The molecule has 1 N–H and O–H groups in total. The summed E-state index contributed by atoms with van der Waals surface area (Å²) in [5.41, 5.74) is 1.87. The maximum Gasteiger partial charge on any atom is 0.197 e. The molecule has 5 nitrogen and oxygen atoms in total. The second-order valence-electron chi connectivity index (χ2n) is 7.43. The highest BCUT2D eigenvalue weighted by molar-refractivity contribution is 7.94. The van der Waals surface area contributed by atoms with Crippen LogP contribution in [0.2, 0.25) is 4.34 Å². The molecule has 0 saturated heterocycles. The lowest BCUT2D eigenvalue weighted by Gasteiger charge is -2.08. The molecule has 2 aromatic carbocycles. The van der Waals surface area contributed by atoms with Crippen LogP contribution >= 0.6 is 22.9 Å². The molecule has 32 heavy (non-hydrogen) atoms. The maximum atomic E-state index is 14.9. The van der Waals surface area contributed by atoms with E-state index >= 15 is 0 Å². The topological polar surface area (TPSA) is 84.1 Å². The minimum absolute atomic E-state index is 0.0168. The van der Waals surface area contributed by atoms with E-state index in [1.54, 1.807) is 12.1 Å². The Morgan fingerprint density at radius 3 is 2.56 bits per heavy atom. The number of aromatic nitrogens is 1. The van der Waals surface area contributed by atoms with Gasteiger partial charge in [-0.1, -0.05) is 35.4 Å². The van der Waals surface area contributed by atoms with Crippen LogP contribution in [-0.4, -0.2) is 24.9 Å². The number of pyridine rings is 1. The molecule has 2 heterocycles. The first-order valence-electron chi connectivity index (χ1n) is 9.55. The number of carbonyl (C=O) groups excluding carboxylic acids is 1. The summed E-state index contributed by atoms with van der Waals surface area (Å²) >= 11 is 6.65. The van der Waals surface area contributed by atoms with Gasteiger partial charge in [0, 0.05) is 34.6 Å². The SMILES string of the molecule is Cc1ccc2[nH]cc(-c3ccc(CC(=O)CS(=O)(=O)c4ccc(Cl)s4)cc3F)c(=O)c2c1. The van der Waals surface area contributed by atoms with Crippen molar-refractivity contribution >= 4 is 49.5 Å². The van der Waals surface area contributed by atoms with Crippen LogP contribution in [-0.2, 0) is 21.1 Å². The molecule has 0 atom stereocenters. The summed E-state index contributed by atoms with van der Waals surface area (Å²) < 4.78 is 39.9. The Morgan fingerprint density at radius 1 is 1.09 bits per heavy atom. The van der Waals surface area contributed by atoms with Crippen LogP contribution in [0.5, 0.6) is 0 Å². The number of fused-ring (bicyclic) bond motifs is 1. The number of aryl methyl sites for hydroxylation is 1. The summed E-state index contributed by atoms with van der Waals surface area (Å²) in [5.74, 6) is -1.93. The third-order valence-corrected chi connectivity index (χ3v) is 8.46. The fourth-order valence-electron chi connectivity index (χ4n) is 3.45. The van der Waals surface area contributed by atoms with Crippen LogP contribution in [0.3, 0.4) is 0 Å². The fourth-order valence-corrected chi connectivity index (χ4v) is 6.26. The Bertz CT molecular complexity index is 1520. The van der Waals surface area contributed by atoms with E-state index < -0.39 is 27.2 Å². The third-order valence-electron chi connectivity index (χ3n) is 4.97. The molecule has 164 valence electrons. The van der Waals surface area contributed by atoms with Crippen molar-refractivity contribution in [2.75, 3.05) is 5.75 Å². The lowest BCUT2D eigenvalue weighted by atomic mass is 10.0. The first kappa shape index (κ1) is 22.4. The summed E-state index contributed by atoms with van der Waals surface area (Å²) in [7, 11) is -3.80. The van der Waals surface area contributed by atoms with E-state index in [4.69, 9.17) is 11.6 Å². The number of nitrogens with one attached hydrogen (secondary N) is 1. The number of benzene rings is 2. The molecule has 0 spiro atoms. The van der Waals surface area contributed by atoms with Gasteiger partial charge in [0.05, 0.1) is 4.34 Å². The van der Waals surface area contributed by atoms with Gasteiger partial charge in [-0.25, -0.2) is 12.8 Å². The number of sulfone groups is 1. The van der Waals surface area contributed by atoms with Crippen LogP contribution in [0.15, 0.2) is 63.7 Å². The highest BCUT2D eigenvalue weighted by Gasteiger charge is 2.22. The maximum absolute atomic E-state index is 14.9. The molecule has 4 rings (SSSR count). The van der Waals surface area contributed by atoms with Crippen LogP contribution in [0, 0.1) is 12.7 Å². The average Bonchev–Trinajstić information content (AvgIpc) is 3.16. The molecule has 0 fully saturated rings. The smallest absolute Gasteiger partial charge is 0.197 e. The number of carbonyl (C=O) groups is 1. The lowest BCUT2D eigenvalue weighted by molar-refractivity contribution is -0.116. The summed E-state index contributed by atoms with van der Waals surface area (Å²) in [6.07, 6.45) is 1.21. The van der Waals surface area contributed by atoms with Crippen molar-refractivity contribution in [2.45, 2.75) is 17.6 Å². The molecule has 0 aliphatic carbocycles. The zero-order chi connectivity index (χ0) is 23.0. The van der Waals surface area contributed by atoms with Crippen LogP contribution in [0.25, 0.3) is 22.0 Å². The molecule has 0 unspecified atom stereocenters. The predicted molar refractivity (Wildman–Crippen MR) is 125 cm³/mol. The average molecular weight is 490 g/mol. The second-order valence-corrected chi connectivity index (χ2v) is 11.4. The van der Waals surface area contributed by atoms with Crippen molar-refractivity contribution < 1.29 is 17.6 Å². The van der Waals surface area contributed by atoms with E-state index in [2.05, 4.69) is 4.98 Å². The van der Waals surface area contributed by atoms with Crippen molar-refractivity contribution in [2.24, 2.45) is 0 Å². The number of rotatable bonds is 6. The Morgan fingerprint density at radius 2 is 1.88 bits per heavy atom. The molecule has 0 bridgehead atoms. The molecule has 4 aromatic rings. The number of halogens is 2. The number of aromatic amines is 1. The van der Waals surface area contributed by atoms with Crippen molar-refractivity contribution in [3.05, 3.63) is 86.2 Å². The number of ketones is 1. The summed E-state index contributed by atoms with van der Waals surface area (Å²) in [5, 5.41) is 0.458. The predicted octanol–water partition coefficient (Wildman–Crippen LogP) is 4.94. The molecule has 0 aliphatic rings. The van der Waals surface area contributed by atoms with Crippen molar-refractivity contribution in [1.82, 2.24) is 4.98 Å². The zero-order valence-electron chi connectivity index (χ0n) is 16.8. The Balaban J connectivity index is 1.58. The zero-order valence-corrected chi connectivity index (χ0v) is 19.2. The van der Waals surface area contributed by atoms with Gasteiger partial charge in [-0.3, -0.25) is 9.59 Å². The molecule has 9 heteroatoms. The van der Waals surface area contributed by atoms with Crippen molar-refractivity contribution in [1.29, 1.82) is 0 Å². The van der Waals surface area contributed by atoms with Gasteiger partial charge >= 0.3 is 0 Å². The normalized spacial score (nSPS) is 11.7. The van der Waals surface area contributed by atoms with Crippen molar-refractivity contribution in [3.63, 3.8) is 0 Å². The number of Topliss-reactive ketones (excluding diaryl/α,β-unsaturated/α-hetero) is 1. The van der Waals surface area contributed by atoms with Gasteiger partial charge < -0.3 is 4.98 Å². The van der Waals surface area contributed by atoms with Gasteiger partial charge in [-0.15, -0.1) is 11.3 Å². The lowest BCUT2D eigenvalue weighted by Crippen LogP contribution is -2.17. The summed E-state index contributed by atoms with van der Waals surface area (Å²) in [6, 6.07) is 12.3. The number of H-pyrrole nitrogens is 1. The fraction of sp³-hybridized carbons (Fsp3) is 0.130. The highest BCUT2D eigenvalue weighted by Crippen LogP contribution is 2.27. The van der Waals surface area contributed by atoms with Gasteiger partial charge in [0.25, 0.3) is 0 Å². The van der Waals surface area contributed by atoms with E-state index in [9.17, 15) is 22.4 Å². The van der Waals surface area contributed by atoms with E-state index in [1.807, 2.05) is 13.0 Å². The standard InChI is InChI=1S/C23H17ClFNO4S2/c1-13-2-5-20-17(8-13)23(28)18(11-26-20)16-4-3-14(10-19(16)25)9-15(27)12-32(29,30)22-7-6-21(24)31-22/h2-8,10-11H,9,12H2,1H3,(H,26,28). The van der Waals surface area contributed by atoms with E-state index in [0.717, 1.165) is 23.0 Å². The van der Waals surface area contributed by atoms with Crippen molar-refractivity contribution in [3.8, 4) is 11.1 Å². The van der Waals surface area contributed by atoms with E-state index in [0.29, 0.717) is 20.8 Å². The molecule has 0 radical (unpaired) electrons. The molecular formula is C23H17ClFNO4S2. The molecule has 0 saturated carbocycles. The van der Waals surface area contributed by atoms with Gasteiger partial charge in [0.2, 0.25) is 0 Å². The third kappa shape index (κ3) is 4.53. The molecule has 0 aliphatic heterocycles. The van der Waals surface area contributed by atoms with Crippen LogP contribution < -0.4 is 5.43 Å².